The molecule has 8 nitrogen and oxygen atoms in total. The summed E-state index contributed by atoms with van der Waals surface area (Å²) in [6.07, 6.45) is 0.899. The molecule has 1 heterocycles. The zero-order valence-electron chi connectivity index (χ0n) is 16.1. The van der Waals surface area contributed by atoms with Gasteiger partial charge in [-0.25, -0.2) is 4.79 Å². The molecule has 0 bridgehead atoms. The van der Waals surface area contributed by atoms with Crippen molar-refractivity contribution in [1.82, 2.24) is 5.32 Å². The fourth-order valence-electron chi connectivity index (χ4n) is 3.40. The second-order valence-electron chi connectivity index (χ2n) is 7.01. The Kier molecular flexibility index (Phi) is 7.26. The molecule has 0 aliphatic carbocycles. The van der Waals surface area contributed by atoms with Gasteiger partial charge in [-0.15, -0.1) is 0 Å². The molecular weight excluding hydrogens is 394 g/mol. The summed E-state index contributed by atoms with van der Waals surface area (Å²) >= 11 is 5.90. The molecule has 0 aromatic heterocycles. The lowest BCUT2D eigenvalue weighted by molar-refractivity contribution is -0.900. The molecule has 1 aliphatic rings. The first-order chi connectivity index (χ1) is 14.0. The number of hydrogen-bond acceptors (Lipinski definition) is 4. The molecule has 154 valence electrons. The van der Waals surface area contributed by atoms with Crippen LogP contribution < -0.4 is 20.4 Å². The molecule has 1 aliphatic heterocycles. The number of piperazine rings is 1. The van der Waals surface area contributed by atoms with E-state index in [-0.39, 0.29) is 16.6 Å². The number of benzene rings is 2. The van der Waals surface area contributed by atoms with E-state index in [1.165, 1.54) is 4.90 Å². The Morgan fingerprint density at radius 2 is 1.90 bits per heavy atom. The van der Waals surface area contributed by atoms with Gasteiger partial charge >= 0.3 is 6.03 Å². The largest absolute Gasteiger partial charge is 0.360 e. The number of nitro groups is 1. The molecule has 29 heavy (non-hydrogen) atoms. The molecule has 0 spiro atoms. The minimum atomic E-state index is -0.380. The molecule has 0 atom stereocenters. The van der Waals surface area contributed by atoms with E-state index in [4.69, 9.17) is 11.6 Å². The van der Waals surface area contributed by atoms with Crippen molar-refractivity contribution in [3.05, 3.63) is 63.7 Å². The average Bonchev–Trinajstić information content (AvgIpc) is 2.72. The van der Waals surface area contributed by atoms with E-state index in [0.29, 0.717) is 17.3 Å². The Bertz CT molecular complexity index is 838. The number of nitrogens with one attached hydrogen (secondary N) is 3. The third-order valence-electron chi connectivity index (χ3n) is 4.97. The highest BCUT2D eigenvalue weighted by atomic mass is 35.5. The third kappa shape index (κ3) is 6.33. The molecule has 1 fully saturated rings. The summed E-state index contributed by atoms with van der Waals surface area (Å²) in [4.78, 5) is 26.1. The van der Waals surface area contributed by atoms with Crippen molar-refractivity contribution in [3.8, 4) is 0 Å². The van der Waals surface area contributed by atoms with Crippen LogP contribution in [0.4, 0.5) is 21.9 Å². The van der Waals surface area contributed by atoms with Crippen LogP contribution >= 0.6 is 11.6 Å². The molecule has 2 aromatic rings. The van der Waals surface area contributed by atoms with Gasteiger partial charge in [0.2, 0.25) is 0 Å². The Labute approximate surface area is 174 Å². The van der Waals surface area contributed by atoms with Gasteiger partial charge in [0, 0.05) is 41.5 Å². The Balaban J connectivity index is 1.32. The number of carbonyl (C=O) groups excluding carboxylic acids is 1. The maximum Gasteiger partial charge on any atom is 0.319 e. The minimum Gasteiger partial charge on any atom is -0.360 e. The smallest absolute Gasteiger partial charge is 0.319 e. The lowest BCUT2D eigenvalue weighted by atomic mass is 10.2. The van der Waals surface area contributed by atoms with E-state index in [9.17, 15) is 14.9 Å². The summed E-state index contributed by atoms with van der Waals surface area (Å²) in [6, 6.07) is 13.5. The molecule has 0 radical (unpaired) electrons. The van der Waals surface area contributed by atoms with Crippen molar-refractivity contribution >= 4 is 34.7 Å². The molecule has 0 unspecified atom stereocenters. The number of carbonyl (C=O) groups is 1. The SMILES string of the molecule is O=C(NCCC[NH+]1CCN(c2ccc([N+](=O)[O-])cc2)CC1)Nc1cccc(Cl)c1. The van der Waals surface area contributed by atoms with Gasteiger partial charge in [-0.05, 0) is 30.3 Å². The number of hydrogen-bond donors (Lipinski definition) is 3. The van der Waals surface area contributed by atoms with Crippen molar-refractivity contribution in [2.75, 3.05) is 49.5 Å². The predicted molar refractivity (Wildman–Crippen MR) is 114 cm³/mol. The van der Waals surface area contributed by atoms with Gasteiger partial charge in [0.1, 0.15) is 0 Å². The van der Waals surface area contributed by atoms with Crippen LogP contribution in [0.2, 0.25) is 5.02 Å². The van der Waals surface area contributed by atoms with Gasteiger partial charge < -0.3 is 20.4 Å². The number of rotatable bonds is 7. The number of amides is 2. The lowest BCUT2D eigenvalue weighted by Gasteiger charge is -2.33. The Morgan fingerprint density at radius 1 is 1.17 bits per heavy atom. The van der Waals surface area contributed by atoms with E-state index < -0.39 is 0 Å². The predicted octanol–water partition coefficient (Wildman–Crippen LogP) is 2.16. The van der Waals surface area contributed by atoms with Gasteiger partial charge in [-0.3, -0.25) is 10.1 Å². The number of non-ortho nitro benzene ring substituents is 1. The maximum atomic E-state index is 11.9. The quantitative estimate of drug-likeness (QED) is 0.365. The average molecular weight is 419 g/mol. The second-order valence-corrected chi connectivity index (χ2v) is 7.44. The monoisotopic (exact) mass is 418 g/mol. The highest BCUT2D eigenvalue weighted by molar-refractivity contribution is 6.30. The Morgan fingerprint density at radius 3 is 2.55 bits per heavy atom. The van der Waals surface area contributed by atoms with E-state index in [1.807, 2.05) is 12.1 Å². The first-order valence-electron chi connectivity index (χ1n) is 9.64. The number of halogens is 1. The van der Waals surface area contributed by atoms with Crippen molar-refractivity contribution in [2.45, 2.75) is 6.42 Å². The second kappa shape index (κ2) is 10.1. The Hall–Kier alpha value is -2.84. The number of nitrogens with zero attached hydrogens (tertiary/aromatic N) is 2. The van der Waals surface area contributed by atoms with E-state index in [2.05, 4.69) is 15.5 Å². The summed E-state index contributed by atoms with van der Waals surface area (Å²) in [6.45, 7) is 5.44. The summed E-state index contributed by atoms with van der Waals surface area (Å²) in [5, 5.41) is 17.0. The highest BCUT2D eigenvalue weighted by Gasteiger charge is 2.20. The van der Waals surface area contributed by atoms with Crippen LogP contribution in [0.3, 0.4) is 0 Å². The van der Waals surface area contributed by atoms with Gasteiger partial charge in [0.05, 0.1) is 37.6 Å². The molecule has 2 aromatic carbocycles. The van der Waals surface area contributed by atoms with Crippen LogP contribution in [0.1, 0.15) is 6.42 Å². The highest BCUT2D eigenvalue weighted by Crippen LogP contribution is 2.19. The third-order valence-corrected chi connectivity index (χ3v) is 5.21. The van der Waals surface area contributed by atoms with Crippen LogP contribution in [0.25, 0.3) is 0 Å². The van der Waals surface area contributed by atoms with Gasteiger partial charge in [0.15, 0.2) is 0 Å². The molecule has 3 N–H and O–H groups in total. The van der Waals surface area contributed by atoms with Crippen molar-refractivity contribution in [2.24, 2.45) is 0 Å². The van der Waals surface area contributed by atoms with E-state index in [0.717, 1.165) is 44.8 Å². The number of nitro benzene ring substituents is 1. The molecular formula is C20H25ClN5O3+. The molecule has 0 saturated carbocycles. The summed E-state index contributed by atoms with van der Waals surface area (Å²) in [5.41, 5.74) is 1.81. The van der Waals surface area contributed by atoms with Crippen LogP contribution in [0.15, 0.2) is 48.5 Å². The molecule has 1 saturated heterocycles. The first kappa shape index (κ1) is 20.9. The van der Waals surface area contributed by atoms with E-state index >= 15 is 0 Å². The normalized spacial score (nSPS) is 14.4. The maximum absolute atomic E-state index is 11.9. The van der Waals surface area contributed by atoms with Crippen LogP contribution in [0, 0.1) is 10.1 Å². The van der Waals surface area contributed by atoms with Crippen LogP contribution in [0.5, 0.6) is 0 Å². The molecule has 3 rings (SSSR count). The lowest BCUT2D eigenvalue weighted by Crippen LogP contribution is -3.15. The summed E-state index contributed by atoms with van der Waals surface area (Å²) in [5.74, 6) is 0. The minimum absolute atomic E-state index is 0.116. The van der Waals surface area contributed by atoms with Crippen molar-refractivity contribution < 1.29 is 14.6 Å². The number of quaternary nitrogens is 1. The standard InChI is InChI=1S/C20H24ClN5O3/c21-16-3-1-4-17(15-16)23-20(27)22-9-2-10-24-11-13-25(14-12-24)18-5-7-19(8-6-18)26(28)29/h1,3-8,15H,2,9-14H2,(H2,22,23,27)/p+1. The fraction of sp³-hybridized carbons (Fsp3) is 0.350. The van der Waals surface area contributed by atoms with Gasteiger partial charge in [-0.2, -0.15) is 0 Å². The summed E-state index contributed by atoms with van der Waals surface area (Å²) in [7, 11) is 0. The van der Waals surface area contributed by atoms with Gasteiger partial charge in [-0.1, -0.05) is 17.7 Å². The van der Waals surface area contributed by atoms with Gasteiger partial charge in [0.25, 0.3) is 5.69 Å². The van der Waals surface area contributed by atoms with E-state index in [1.54, 1.807) is 36.4 Å². The summed E-state index contributed by atoms with van der Waals surface area (Å²) < 4.78 is 0. The number of urea groups is 1. The van der Waals surface area contributed by atoms with Crippen molar-refractivity contribution in [1.29, 1.82) is 0 Å². The zero-order valence-corrected chi connectivity index (χ0v) is 16.8. The topological polar surface area (TPSA) is 92.0 Å². The fourth-order valence-corrected chi connectivity index (χ4v) is 3.59. The molecule has 2 amide bonds. The van der Waals surface area contributed by atoms with Crippen LogP contribution in [-0.4, -0.2) is 50.2 Å². The molecule has 9 heteroatoms. The first-order valence-corrected chi connectivity index (χ1v) is 10.0. The zero-order chi connectivity index (χ0) is 20.6. The number of anilines is 2. The van der Waals surface area contributed by atoms with Crippen LogP contribution in [-0.2, 0) is 0 Å². The van der Waals surface area contributed by atoms with Crippen molar-refractivity contribution in [3.63, 3.8) is 0 Å².